The van der Waals surface area contributed by atoms with Gasteiger partial charge in [0.2, 0.25) is 11.8 Å². The molecule has 9 nitrogen and oxygen atoms in total. The molecule has 1 unspecified atom stereocenters. The summed E-state index contributed by atoms with van der Waals surface area (Å²) in [6, 6.07) is 35.2. The summed E-state index contributed by atoms with van der Waals surface area (Å²) < 4.78 is 5.00. The lowest BCUT2D eigenvalue weighted by Crippen LogP contribution is -2.31. The Labute approximate surface area is 287 Å². The Bertz CT molecular complexity index is 2070. The highest BCUT2D eigenvalue weighted by Gasteiger charge is 2.40. The monoisotopic (exact) mass is 669 g/mol. The molecule has 0 radical (unpaired) electrons. The van der Waals surface area contributed by atoms with Crippen LogP contribution in [0.3, 0.4) is 0 Å². The van der Waals surface area contributed by atoms with E-state index >= 15 is 0 Å². The van der Waals surface area contributed by atoms with Gasteiger partial charge < -0.3 is 15.4 Å². The van der Waals surface area contributed by atoms with Gasteiger partial charge in [-0.05, 0) is 90.0 Å². The SMILES string of the molecule is CCOC(=O)c1ccc(N2C(=O)CC(Sc3ccc(NC(=O)/C(=C/c4cccc5ccccc45)NC(=O)c4ccccc4)cc3)C2=O)cc1. The number of hydrogen-bond donors (Lipinski definition) is 2. The van der Waals surface area contributed by atoms with Gasteiger partial charge in [0, 0.05) is 22.6 Å². The molecule has 49 heavy (non-hydrogen) atoms. The van der Waals surface area contributed by atoms with Crippen molar-refractivity contribution < 1.29 is 28.7 Å². The molecular formula is C39H31N3O6S. The average molecular weight is 670 g/mol. The molecule has 4 amide bonds. The largest absolute Gasteiger partial charge is 0.462 e. The number of imide groups is 1. The van der Waals surface area contributed by atoms with E-state index in [0.717, 1.165) is 26.1 Å². The summed E-state index contributed by atoms with van der Waals surface area (Å²) in [5, 5.41) is 6.92. The van der Waals surface area contributed by atoms with Gasteiger partial charge in [0.25, 0.3) is 11.8 Å². The second-order valence-corrected chi connectivity index (χ2v) is 12.3. The van der Waals surface area contributed by atoms with Crippen LogP contribution in [-0.4, -0.2) is 41.5 Å². The van der Waals surface area contributed by atoms with E-state index < -0.39 is 23.0 Å². The zero-order valence-corrected chi connectivity index (χ0v) is 27.2. The molecule has 2 N–H and O–H groups in total. The lowest BCUT2D eigenvalue weighted by Gasteiger charge is -2.15. The Morgan fingerprint density at radius 3 is 2.24 bits per heavy atom. The van der Waals surface area contributed by atoms with E-state index in [1.165, 1.54) is 23.9 Å². The first-order valence-electron chi connectivity index (χ1n) is 15.6. The Morgan fingerprint density at radius 2 is 1.51 bits per heavy atom. The highest BCUT2D eigenvalue weighted by atomic mass is 32.2. The molecule has 0 spiro atoms. The highest BCUT2D eigenvalue weighted by Crippen LogP contribution is 2.34. The van der Waals surface area contributed by atoms with Crippen molar-refractivity contribution in [3.8, 4) is 0 Å². The summed E-state index contributed by atoms with van der Waals surface area (Å²) in [5.41, 5.74) is 2.43. The summed E-state index contributed by atoms with van der Waals surface area (Å²) in [5.74, 6) is -2.10. The third-order valence-corrected chi connectivity index (χ3v) is 8.98. The van der Waals surface area contributed by atoms with Crippen LogP contribution in [0.2, 0.25) is 0 Å². The van der Waals surface area contributed by atoms with Gasteiger partial charge >= 0.3 is 5.97 Å². The quantitative estimate of drug-likeness (QED) is 0.0948. The number of amides is 4. The predicted molar refractivity (Wildman–Crippen MR) is 190 cm³/mol. The molecule has 6 rings (SSSR count). The van der Waals surface area contributed by atoms with Crippen molar-refractivity contribution in [2.75, 3.05) is 16.8 Å². The van der Waals surface area contributed by atoms with Crippen LogP contribution in [0.1, 0.15) is 39.6 Å². The van der Waals surface area contributed by atoms with E-state index in [9.17, 15) is 24.0 Å². The number of hydrogen-bond acceptors (Lipinski definition) is 7. The summed E-state index contributed by atoms with van der Waals surface area (Å²) in [6.45, 7) is 1.96. The van der Waals surface area contributed by atoms with Crippen LogP contribution in [-0.2, 0) is 19.1 Å². The Morgan fingerprint density at radius 1 is 0.816 bits per heavy atom. The molecule has 1 fully saturated rings. The fourth-order valence-electron chi connectivity index (χ4n) is 5.38. The number of thioether (sulfide) groups is 1. The minimum atomic E-state index is -0.638. The molecule has 1 atom stereocenters. The minimum Gasteiger partial charge on any atom is -0.462 e. The molecule has 0 saturated carbocycles. The zero-order valence-electron chi connectivity index (χ0n) is 26.4. The summed E-state index contributed by atoms with van der Waals surface area (Å²) in [7, 11) is 0. The maximum absolute atomic E-state index is 13.6. The van der Waals surface area contributed by atoms with Crippen LogP contribution < -0.4 is 15.5 Å². The number of nitrogens with zero attached hydrogens (tertiary/aromatic N) is 1. The van der Waals surface area contributed by atoms with Gasteiger partial charge in [-0.25, -0.2) is 9.69 Å². The van der Waals surface area contributed by atoms with Crippen molar-refractivity contribution in [2.45, 2.75) is 23.5 Å². The fourth-order valence-corrected chi connectivity index (χ4v) is 6.44. The van der Waals surface area contributed by atoms with Gasteiger partial charge in [0.15, 0.2) is 0 Å². The Balaban J connectivity index is 1.16. The number of rotatable bonds is 10. The van der Waals surface area contributed by atoms with Crippen LogP contribution >= 0.6 is 11.8 Å². The predicted octanol–water partition coefficient (Wildman–Crippen LogP) is 6.85. The number of carbonyl (C=O) groups is 5. The number of carbonyl (C=O) groups excluding carboxylic acids is 5. The van der Waals surface area contributed by atoms with E-state index in [0.29, 0.717) is 22.5 Å². The van der Waals surface area contributed by atoms with E-state index in [2.05, 4.69) is 10.6 Å². The first-order chi connectivity index (χ1) is 23.8. The molecular weight excluding hydrogens is 639 g/mol. The fraction of sp³-hybridized carbons (Fsp3) is 0.103. The van der Waals surface area contributed by atoms with Crippen molar-refractivity contribution in [2.24, 2.45) is 0 Å². The van der Waals surface area contributed by atoms with Crippen molar-refractivity contribution in [3.05, 3.63) is 144 Å². The highest BCUT2D eigenvalue weighted by molar-refractivity contribution is 8.00. The minimum absolute atomic E-state index is 0.0189. The number of anilines is 2. The Hall–Kier alpha value is -6.00. The second kappa shape index (κ2) is 14.8. The van der Waals surface area contributed by atoms with Gasteiger partial charge in [0.05, 0.1) is 23.1 Å². The summed E-state index contributed by atoms with van der Waals surface area (Å²) in [6.07, 6.45) is 1.67. The zero-order chi connectivity index (χ0) is 34.3. The normalized spacial score (nSPS) is 14.5. The molecule has 1 saturated heterocycles. The lowest BCUT2D eigenvalue weighted by atomic mass is 10.0. The van der Waals surface area contributed by atoms with Gasteiger partial charge in [0.1, 0.15) is 5.70 Å². The van der Waals surface area contributed by atoms with Gasteiger partial charge in [-0.1, -0.05) is 60.7 Å². The van der Waals surface area contributed by atoms with E-state index in [4.69, 9.17) is 4.74 Å². The third kappa shape index (κ3) is 7.61. The Kier molecular flexibility index (Phi) is 9.96. The molecule has 0 bridgehead atoms. The number of esters is 1. The number of benzene rings is 5. The van der Waals surface area contributed by atoms with Crippen molar-refractivity contribution in [3.63, 3.8) is 0 Å². The molecule has 0 aromatic heterocycles. The summed E-state index contributed by atoms with van der Waals surface area (Å²) in [4.78, 5) is 66.6. The molecule has 1 aliphatic heterocycles. The van der Waals surface area contributed by atoms with Crippen LogP contribution in [0.15, 0.2) is 132 Å². The van der Waals surface area contributed by atoms with E-state index in [1.807, 2.05) is 48.5 Å². The maximum atomic E-state index is 13.6. The van der Waals surface area contributed by atoms with E-state index in [-0.39, 0.29) is 30.5 Å². The van der Waals surface area contributed by atoms with E-state index in [1.54, 1.807) is 73.7 Å². The number of nitrogens with one attached hydrogen (secondary N) is 2. The lowest BCUT2D eigenvalue weighted by molar-refractivity contribution is -0.121. The van der Waals surface area contributed by atoms with Crippen LogP contribution in [0, 0.1) is 0 Å². The molecule has 10 heteroatoms. The van der Waals surface area contributed by atoms with Gasteiger partial charge in [-0.3, -0.25) is 19.2 Å². The molecule has 0 aliphatic carbocycles. The third-order valence-electron chi connectivity index (χ3n) is 7.78. The second-order valence-electron chi connectivity index (χ2n) is 11.1. The standard InChI is InChI=1S/C39H31N3O6S/c1-2-48-39(47)27-15-19-30(20-16-27)42-35(43)24-34(38(42)46)49-31-21-17-29(18-22-31)40-37(45)33(41-36(44)26-10-4-3-5-11-26)23-28-13-8-12-25-9-6-7-14-32(25)28/h3-23,34H,2,24H2,1H3,(H,40,45)(H,41,44)/b33-23-. The molecule has 1 heterocycles. The van der Waals surface area contributed by atoms with Crippen LogP contribution in [0.4, 0.5) is 11.4 Å². The number of ether oxygens (including phenoxy) is 1. The van der Waals surface area contributed by atoms with Gasteiger partial charge in [-0.15, -0.1) is 11.8 Å². The topological polar surface area (TPSA) is 122 Å². The molecule has 244 valence electrons. The molecule has 5 aromatic carbocycles. The maximum Gasteiger partial charge on any atom is 0.338 e. The van der Waals surface area contributed by atoms with Gasteiger partial charge in [-0.2, -0.15) is 0 Å². The summed E-state index contributed by atoms with van der Waals surface area (Å²) >= 11 is 1.25. The van der Waals surface area contributed by atoms with Crippen molar-refractivity contribution in [1.29, 1.82) is 0 Å². The molecule has 5 aromatic rings. The van der Waals surface area contributed by atoms with Crippen molar-refractivity contribution >= 4 is 69.6 Å². The van der Waals surface area contributed by atoms with Crippen LogP contribution in [0.25, 0.3) is 16.8 Å². The molecule has 1 aliphatic rings. The average Bonchev–Trinajstić information content (AvgIpc) is 3.40. The first kappa shape index (κ1) is 32.9. The van der Waals surface area contributed by atoms with Crippen LogP contribution in [0.5, 0.6) is 0 Å². The number of fused-ring (bicyclic) bond motifs is 1. The smallest absolute Gasteiger partial charge is 0.338 e. The van der Waals surface area contributed by atoms with Crippen molar-refractivity contribution in [1.82, 2.24) is 5.32 Å². The first-order valence-corrected chi connectivity index (χ1v) is 16.5.